The van der Waals surface area contributed by atoms with E-state index in [1.807, 2.05) is 4.90 Å². The maximum Gasteiger partial charge on any atom is 0.228 e. The standard InChI is InChI=1S/C12H16N2O2/c15-11-5-4-10(13-9-11)8-12(16)14-6-2-1-3-7-14/h4-5,9,15H,1-3,6-8H2. The van der Waals surface area contributed by atoms with E-state index in [1.165, 1.54) is 12.6 Å². The lowest BCUT2D eigenvalue weighted by atomic mass is 10.1. The van der Waals surface area contributed by atoms with Crippen molar-refractivity contribution in [3.05, 3.63) is 24.0 Å². The molecule has 1 aromatic heterocycles. The summed E-state index contributed by atoms with van der Waals surface area (Å²) in [4.78, 5) is 17.8. The Balaban J connectivity index is 1.93. The molecule has 1 aromatic rings. The van der Waals surface area contributed by atoms with Crippen LogP contribution in [0.15, 0.2) is 18.3 Å². The van der Waals surface area contributed by atoms with Crippen LogP contribution in [0.1, 0.15) is 25.0 Å². The largest absolute Gasteiger partial charge is 0.506 e. The molecule has 16 heavy (non-hydrogen) atoms. The number of aromatic nitrogens is 1. The molecule has 2 heterocycles. The third-order valence-corrected chi connectivity index (χ3v) is 2.85. The van der Waals surface area contributed by atoms with E-state index in [1.54, 1.807) is 12.1 Å². The number of nitrogens with zero attached hydrogens (tertiary/aromatic N) is 2. The number of carbonyl (C=O) groups excluding carboxylic acids is 1. The summed E-state index contributed by atoms with van der Waals surface area (Å²) in [5.41, 5.74) is 0.716. The molecule has 2 rings (SSSR count). The second-order valence-corrected chi connectivity index (χ2v) is 4.13. The monoisotopic (exact) mass is 220 g/mol. The predicted molar refractivity (Wildman–Crippen MR) is 60.0 cm³/mol. The van der Waals surface area contributed by atoms with E-state index in [9.17, 15) is 4.79 Å². The SMILES string of the molecule is O=C(Cc1ccc(O)cn1)N1CCCCC1. The topological polar surface area (TPSA) is 53.4 Å². The summed E-state index contributed by atoms with van der Waals surface area (Å²) in [5, 5.41) is 9.08. The Labute approximate surface area is 94.9 Å². The third kappa shape index (κ3) is 2.72. The van der Waals surface area contributed by atoms with Crippen molar-refractivity contribution in [3.63, 3.8) is 0 Å². The van der Waals surface area contributed by atoms with Gasteiger partial charge in [0.05, 0.1) is 12.6 Å². The fourth-order valence-corrected chi connectivity index (χ4v) is 1.93. The number of amides is 1. The first kappa shape index (κ1) is 10.9. The minimum absolute atomic E-state index is 0.133. The Hall–Kier alpha value is -1.58. The highest BCUT2D eigenvalue weighted by molar-refractivity contribution is 5.78. The quantitative estimate of drug-likeness (QED) is 0.818. The van der Waals surface area contributed by atoms with Crippen LogP contribution in [-0.4, -0.2) is 34.0 Å². The molecule has 86 valence electrons. The van der Waals surface area contributed by atoms with Gasteiger partial charge < -0.3 is 10.0 Å². The van der Waals surface area contributed by atoms with Crippen molar-refractivity contribution in [2.24, 2.45) is 0 Å². The molecule has 0 atom stereocenters. The molecule has 0 saturated carbocycles. The molecule has 4 nitrogen and oxygen atoms in total. The lowest BCUT2D eigenvalue weighted by molar-refractivity contribution is -0.131. The van der Waals surface area contributed by atoms with Crippen molar-refractivity contribution >= 4 is 5.91 Å². The van der Waals surface area contributed by atoms with E-state index in [0.29, 0.717) is 12.1 Å². The highest BCUT2D eigenvalue weighted by Crippen LogP contribution is 2.11. The number of piperidine rings is 1. The summed E-state index contributed by atoms with van der Waals surface area (Å²) >= 11 is 0. The summed E-state index contributed by atoms with van der Waals surface area (Å²) in [6, 6.07) is 3.25. The zero-order valence-electron chi connectivity index (χ0n) is 9.22. The number of likely N-dealkylation sites (tertiary alicyclic amines) is 1. The van der Waals surface area contributed by atoms with Gasteiger partial charge in [-0.05, 0) is 31.4 Å². The fraction of sp³-hybridized carbons (Fsp3) is 0.500. The summed E-state index contributed by atoms with van der Waals surface area (Å²) in [7, 11) is 0. The molecule has 1 fully saturated rings. The van der Waals surface area contributed by atoms with Crippen LogP contribution in [0, 0.1) is 0 Å². The average Bonchev–Trinajstić information content (AvgIpc) is 2.33. The summed E-state index contributed by atoms with van der Waals surface area (Å²) in [6.45, 7) is 1.74. The van der Waals surface area contributed by atoms with Crippen LogP contribution in [0.2, 0.25) is 0 Å². The maximum absolute atomic E-state index is 11.9. The van der Waals surface area contributed by atoms with Crippen molar-refractivity contribution in [2.45, 2.75) is 25.7 Å². The lowest BCUT2D eigenvalue weighted by Crippen LogP contribution is -2.36. The van der Waals surface area contributed by atoms with Crippen LogP contribution < -0.4 is 0 Å². The Morgan fingerprint density at radius 1 is 1.31 bits per heavy atom. The van der Waals surface area contributed by atoms with E-state index >= 15 is 0 Å². The summed E-state index contributed by atoms with van der Waals surface area (Å²) in [5.74, 6) is 0.270. The van der Waals surface area contributed by atoms with Gasteiger partial charge in [0, 0.05) is 18.8 Å². The van der Waals surface area contributed by atoms with Crippen LogP contribution in [0.5, 0.6) is 5.75 Å². The molecule has 1 aliphatic rings. The zero-order chi connectivity index (χ0) is 11.4. The Morgan fingerprint density at radius 3 is 2.69 bits per heavy atom. The second kappa shape index (κ2) is 4.96. The first-order chi connectivity index (χ1) is 7.75. The second-order valence-electron chi connectivity index (χ2n) is 4.13. The molecule has 1 saturated heterocycles. The molecular formula is C12H16N2O2. The highest BCUT2D eigenvalue weighted by atomic mass is 16.3. The smallest absolute Gasteiger partial charge is 0.228 e. The molecule has 4 heteroatoms. The van der Waals surface area contributed by atoms with Crippen LogP contribution in [-0.2, 0) is 11.2 Å². The number of hydrogen-bond acceptors (Lipinski definition) is 3. The van der Waals surface area contributed by atoms with Crippen LogP contribution in [0.25, 0.3) is 0 Å². The van der Waals surface area contributed by atoms with Gasteiger partial charge in [0.15, 0.2) is 0 Å². The number of rotatable bonds is 2. The molecule has 0 bridgehead atoms. The van der Waals surface area contributed by atoms with Gasteiger partial charge in [-0.2, -0.15) is 0 Å². The normalized spacial score (nSPS) is 16.1. The first-order valence-electron chi connectivity index (χ1n) is 5.67. The molecule has 1 aliphatic heterocycles. The average molecular weight is 220 g/mol. The van der Waals surface area contributed by atoms with Gasteiger partial charge in [0.25, 0.3) is 0 Å². The van der Waals surface area contributed by atoms with E-state index in [0.717, 1.165) is 25.9 Å². The molecule has 0 unspecified atom stereocenters. The number of carbonyl (C=O) groups is 1. The molecule has 0 aliphatic carbocycles. The maximum atomic E-state index is 11.9. The van der Waals surface area contributed by atoms with Gasteiger partial charge in [-0.1, -0.05) is 0 Å². The van der Waals surface area contributed by atoms with Crippen molar-refractivity contribution < 1.29 is 9.90 Å². The molecule has 0 radical (unpaired) electrons. The Morgan fingerprint density at radius 2 is 2.06 bits per heavy atom. The van der Waals surface area contributed by atoms with Crippen molar-refractivity contribution in [3.8, 4) is 5.75 Å². The van der Waals surface area contributed by atoms with E-state index in [-0.39, 0.29) is 11.7 Å². The van der Waals surface area contributed by atoms with Crippen molar-refractivity contribution in [1.29, 1.82) is 0 Å². The zero-order valence-corrected chi connectivity index (χ0v) is 9.22. The molecular weight excluding hydrogens is 204 g/mol. The predicted octanol–water partition coefficient (Wildman–Crippen LogP) is 1.34. The number of aromatic hydroxyl groups is 1. The van der Waals surface area contributed by atoms with Crippen molar-refractivity contribution in [1.82, 2.24) is 9.88 Å². The van der Waals surface area contributed by atoms with Gasteiger partial charge in [0.1, 0.15) is 5.75 Å². The summed E-state index contributed by atoms with van der Waals surface area (Å²) in [6.07, 6.45) is 5.14. The van der Waals surface area contributed by atoms with Crippen LogP contribution in [0.4, 0.5) is 0 Å². The fourth-order valence-electron chi connectivity index (χ4n) is 1.93. The van der Waals surface area contributed by atoms with Gasteiger partial charge in [-0.15, -0.1) is 0 Å². The molecule has 1 N–H and O–H groups in total. The van der Waals surface area contributed by atoms with Gasteiger partial charge >= 0.3 is 0 Å². The van der Waals surface area contributed by atoms with Gasteiger partial charge in [-0.25, -0.2) is 0 Å². The highest BCUT2D eigenvalue weighted by Gasteiger charge is 2.16. The molecule has 0 aromatic carbocycles. The lowest BCUT2D eigenvalue weighted by Gasteiger charge is -2.26. The summed E-state index contributed by atoms with van der Waals surface area (Å²) < 4.78 is 0. The van der Waals surface area contributed by atoms with Gasteiger partial charge in [0.2, 0.25) is 5.91 Å². The minimum Gasteiger partial charge on any atom is -0.506 e. The van der Waals surface area contributed by atoms with Crippen LogP contribution in [0.3, 0.4) is 0 Å². The Bertz CT molecular complexity index is 356. The number of hydrogen-bond donors (Lipinski definition) is 1. The van der Waals surface area contributed by atoms with E-state index in [4.69, 9.17) is 5.11 Å². The number of pyridine rings is 1. The first-order valence-corrected chi connectivity index (χ1v) is 5.67. The van der Waals surface area contributed by atoms with Crippen molar-refractivity contribution in [2.75, 3.05) is 13.1 Å². The molecule has 1 amide bonds. The Kier molecular flexibility index (Phi) is 3.39. The molecule has 0 spiro atoms. The van der Waals surface area contributed by atoms with E-state index in [2.05, 4.69) is 4.98 Å². The third-order valence-electron chi connectivity index (χ3n) is 2.85. The minimum atomic E-state index is 0.133. The van der Waals surface area contributed by atoms with E-state index < -0.39 is 0 Å². The van der Waals surface area contributed by atoms with Gasteiger partial charge in [-0.3, -0.25) is 9.78 Å². The van der Waals surface area contributed by atoms with Crippen LogP contribution >= 0.6 is 0 Å².